The van der Waals surface area contributed by atoms with Crippen molar-refractivity contribution in [1.82, 2.24) is 9.55 Å². The van der Waals surface area contributed by atoms with Crippen molar-refractivity contribution in [2.45, 2.75) is 19.8 Å². The van der Waals surface area contributed by atoms with Gasteiger partial charge >= 0.3 is 0 Å². The highest BCUT2D eigenvalue weighted by Crippen LogP contribution is 2.45. The summed E-state index contributed by atoms with van der Waals surface area (Å²) >= 11 is 0. The van der Waals surface area contributed by atoms with E-state index in [1.54, 1.807) is 0 Å². The molecular formula is C46H34N2. The zero-order valence-electron chi connectivity index (χ0n) is 26.9. The fourth-order valence-corrected chi connectivity index (χ4v) is 7.54. The molecule has 9 rings (SSSR count). The van der Waals surface area contributed by atoms with E-state index in [0.29, 0.717) is 0 Å². The number of fused-ring (bicyclic) bond motifs is 5. The summed E-state index contributed by atoms with van der Waals surface area (Å²) in [5, 5.41) is 2.53. The molecule has 2 nitrogen and oxygen atoms in total. The fourth-order valence-electron chi connectivity index (χ4n) is 7.54. The summed E-state index contributed by atoms with van der Waals surface area (Å²) in [6.45, 7) is 2.21. The molecule has 0 aliphatic heterocycles. The van der Waals surface area contributed by atoms with Gasteiger partial charge in [0.15, 0.2) is 0 Å². The molecule has 0 amide bonds. The smallest absolute Gasteiger partial charge is 0.145 e. The first-order valence-corrected chi connectivity index (χ1v) is 16.7. The number of hydrogen-bond donors (Lipinski definition) is 0. The molecular weight excluding hydrogens is 581 g/mol. The maximum Gasteiger partial charge on any atom is 0.145 e. The van der Waals surface area contributed by atoms with Gasteiger partial charge in [0.2, 0.25) is 0 Å². The summed E-state index contributed by atoms with van der Waals surface area (Å²) in [6.07, 6.45) is 17.2. The molecule has 0 saturated heterocycles. The molecule has 5 aromatic carbocycles. The lowest BCUT2D eigenvalue weighted by molar-refractivity contribution is 0.975. The van der Waals surface area contributed by atoms with Crippen molar-refractivity contribution in [3.63, 3.8) is 0 Å². The van der Waals surface area contributed by atoms with E-state index in [2.05, 4.69) is 175 Å². The molecule has 228 valence electrons. The van der Waals surface area contributed by atoms with Crippen LogP contribution in [0, 0.1) is 0 Å². The third-order valence-electron chi connectivity index (χ3n) is 9.74. The summed E-state index contributed by atoms with van der Waals surface area (Å²) in [6, 6.07) is 44.2. The van der Waals surface area contributed by atoms with Crippen LogP contribution in [-0.4, -0.2) is 9.55 Å². The van der Waals surface area contributed by atoms with Crippen molar-refractivity contribution in [2.24, 2.45) is 0 Å². The van der Waals surface area contributed by atoms with Crippen LogP contribution in [0.4, 0.5) is 0 Å². The second-order valence-corrected chi connectivity index (χ2v) is 12.8. The minimum atomic E-state index is 0.829. The lowest BCUT2D eigenvalue weighted by atomic mass is 9.86. The Bertz CT molecular complexity index is 2420. The Labute approximate surface area is 281 Å². The zero-order valence-corrected chi connectivity index (χ0v) is 26.9. The minimum absolute atomic E-state index is 0.829. The van der Waals surface area contributed by atoms with Crippen molar-refractivity contribution in [3.8, 4) is 17.1 Å². The fraction of sp³-hybridized carbons (Fsp3) is 0.0652. The number of benzene rings is 5. The molecule has 0 radical (unpaired) electrons. The average Bonchev–Trinajstić information content (AvgIpc) is 3.26. The van der Waals surface area contributed by atoms with E-state index in [-0.39, 0.29) is 0 Å². The van der Waals surface area contributed by atoms with E-state index in [1.165, 1.54) is 66.6 Å². The second kappa shape index (κ2) is 11.7. The highest BCUT2D eigenvalue weighted by atomic mass is 15.1. The predicted octanol–water partition coefficient (Wildman–Crippen LogP) is 11.3. The summed E-state index contributed by atoms with van der Waals surface area (Å²) in [7, 11) is 0. The van der Waals surface area contributed by atoms with Gasteiger partial charge in [0.25, 0.3) is 0 Å². The van der Waals surface area contributed by atoms with Crippen molar-refractivity contribution < 1.29 is 0 Å². The van der Waals surface area contributed by atoms with Gasteiger partial charge in [-0.25, -0.2) is 4.98 Å². The van der Waals surface area contributed by atoms with Crippen LogP contribution < -0.4 is 0 Å². The van der Waals surface area contributed by atoms with Crippen LogP contribution in [-0.2, 0) is 6.42 Å². The van der Waals surface area contributed by atoms with Crippen molar-refractivity contribution in [1.29, 1.82) is 0 Å². The Hall–Kier alpha value is -5.99. The Morgan fingerprint density at radius 3 is 2.10 bits per heavy atom. The average molecular weight is 615 g/mol. The monoisotopic (exact) mass is 614 g/mol. The van der Waals surface area contributed by atoms with E-state index in [4.69, 9.17) is 4.98 Å². The molecule has 6 aromatic rings. The normalized spacial score (nSPS) is 15.1. The first kappa shape index (κ1) is 28.3. The van der Waals surface area contributed by atoms with E-state index in [1.807, 2.05) is 0 Å². The lowest BCUT2D eigenvalue weighted by Gasteiger charge is -2.18. The van der Waals surface area contributed by atoms with Gasteiger partial charge in [0.1, 0.15) is 5.82 Å². The van der Waals surface area contributed by atoms with Crippen LogP contribution in [0.25, 0.3) is 45.1 Å². The number of rotatable bonds is 4. The maximum atomic E-state index is 5.13. The van der Waals surface area contributed by atoms with Gasteiger partial charge in [-0.15, -0.1) is 0 Å². The molecule has 3 aliphatic rings. The molecule has 0 fully saturated rings. The Balaban J connectivity index is 1.21. The number of nitrogens with zero attached hydrogens (tertiary/aromatic N) is 2. The van der Waals surface area contributed by atoms with Crippen LogP contribution >= 0.6 is 0 Å². The molecule has 0 atom stereocenters. The van der Waals surface area contributed by atoms with Crippen LogP contribution in [0.15, 0.2) is 175 Å². The van der Waals surface area contributed by atoms with Gasteiger partial charge in [0, 0.05) is 17.7 Å². The maximum absolute atomic E-state index is 5.13. The largest absolute Gasteiger partial charge is 0.296 e. The summed E-state index contributed by atoms with van der Waals surface area (Å²) in [5.41, 5.74) is 16.1. The van der Waals surface area contributed by atoms with Crippen molar-refractivity contribution in [2.75, 3.05) is 0 Å². The van der Waals surface area contributed by atoms with Crippen LogP contribution in [0.5, 0.6) is 0 Å². The highest BCUT2D eigenvalue weighted by molar-refractivity contribution is 5.99. The number of imidazole rings is 1. The highest BCUT2D eigenvalue weighted by Gasteiger charge is 2.25. The molecule has 2 bridgehead atoms. The van der Waals surface area contributed by atoms with Gasteiger partial charge in [-0.1, -0.05) is 145 Å². The number of aromatic nitrogens is 2. The molecule has 0 unspecified atom stereocenters. The first-order valence-electron chi connectivity index (χ1n) is 16.7. The summed E-state index contributed by atoms with van der Waals surface area (Å²) in [5.74, 6) is 0.970. The molecule has 1 aromatic heterocycles. The molecule has 2 heteroatoms. The molecule has 0 spiro atoms. The quantitative estimate of drug-likeness (QED) is 0.193. The van der Waals surface area contributed by atoms with Gasteiger partial charge < -0.3 is 0 Å². The van der Waals surface area contributed by atoms with Gasteiger partial charge in [-0.3, -0.25) is 4.57 Å². The van der Waals surface area contributed by atoms with Crippen molar-refractivity contribution >= 4 is 28.0 Å². The molecule has 48 heavy (non-hydrogen) atoms. The third kappa shape index (κ3) is 4.85. The third-order valence-corrected chi connectivity index (χ3v) is 9.74. The SMILES string of the molecule is CC1=CC2=C(c3ccc(-n4c(-c5ccccc5)nc5c4CC=CC=C5)cc3)c3ccccc3C(c3ccc4ccccc4c3)=C(C=C1)C2. The second-order valence-electron chi connectivity index (χ2n) is 12.8. The topological polar surface area (TPSA) is 17.8 Å². The van der Waals surface area contributed by atoms with Crippen LogP contribution in [0.1, 0.15) is 47.0 Å². The number of hydrogen-bond acceptors (Lipinski definition) is 1. The van der Waals surface area contributed by atoms with Crippen LogP contribution in [0.2, 0.25) is 0 Å². The standard InChI is InChI=1S/C46H34N2/c1-31-20-21-36-30-38(28-31)44(40-16-10-11-17-41(40)45(36)37-23-22-32-12-8-9-15-35(32)29-37)33-24-26-39(27-25-33)48-43-19-7-3-6-18-42(43)47-46(48)34-13-4-2-5-14-34/h2-18,20-29H,19,30H2,1H3. The van der Waals surface area contributed by atoms with E-state index >= 15 is 0 Å². The van der Waals surface area contributed by atoms with Gasteiger partial charge in [-0.2, -0.15) is 0 Å². The molecule has 0 N–H and O–H groups in total. The summed E-state index contributed by atoms with van der Waals surface area (Å²) in [4.78, 5) is 5.13. The lowest BCUT2D eigenvalue weighted by Crippen LogP contribution is -2.03. The Morgan fingerprint density at radius 2 is 1.29 bits per heavy atom. The Morgan fingerprint density at radius 1 is 0.583 bits per heavy atom. The summed E-state index contributed by atoms with van der Waals surface area (Å²) < 4.78 is 2.34. The van der Waals surface area contributed by atoms with E-state index in [0.717, 1.165) is 35.6 Å². The van der Waals surface area contributed by atoms with Gasteiger partial charge in [-0.05, 0) is 92.9 Å². The minimum Gasteiger partial charge on any atom is -0.296 e. The van der Waals surface area contributed by atoms with E-state index in [9.17, 15) is 0 Å². The van der Waals surface area contributed by atoms with E-state index < -0.39 is 0 Å². The molecule has 1 heterocycles. The first-order chi connectivity index (χ1) is 23.7. The molecule has 3 aliphatic carbocycles. The zero-order chi connectivity index (χ0) is 32.0. The molecule has 0 saturated carbocycles. The van der Waals surface area contributed by atoms with Crippen LogP contribution in [0.3, 0.4) is 0 Å². The Kier molecular flexibility index (Phi) is 6.87. The van der Waals surface area contributed by atoms with Gasteiger partial charge in [0.05, 0.1) is 11.4 Å². The predicted molar refractivity (Wildman–Crippen MR) is 201 cm³/mol. The number of allylic oxidation sites excluding steroid dienone is 9. The van der Waals surface area contributed by atoms with Crippen molar-refractivity contribution in [3.05, 3.63) is 208 Å².